The molecule has 2 rings (SSSR count). The second kappa shape index (κ2) is 6.00. The first-order valence-electron chi connectivity index (χ1n) is 5.77. The fourth-order valence-corrected chi connectivity index (χ4v) is 2.18. The minimum Gasteiger partial charge on any atom is -0.490 e. The zero-order valence-electron chi connectivity index (χ0n) is 10.1. The summed E-state index contributed by atoms with van der Waals surface area (Å²) in [6.45, 7) is 2.69. The van der Waals surface area contributed by atoms with E-state index in [0.29, 0.717) is 23.2 Å². The van der Waals surface area contributed by atoms with Crippen LogP contribution in [0.1, 0.15) is 18.9 Å². The van der Waals surface area contributed by atoms with Crippen LogP contribution < -0.4 is 4.74 Å². The van der Waals surface area contributed by atoms with E-state index in [2.05, 4.69) is 21.0 Å². The smallest absolute Gasteiger partial charge is 0.157 e. The molecule has 0 aliphatic rings. The van der Waals surface area contributed by atoms with E-state index in [9.17, 15) is 4.39 Å². The number of alkyl halides is 1. The van der Waals surface area contributed by atoms with Gasteiger partial charge in [-0.2, -0.15) is 5.10 Å². The minimum absolute atomic E-state index is 0.240. The Balaban J connectivity index is 2.31. The van der Waals surface area contributed by atoms with Crippen LogP contribution in [-0.4, -0.2) is 16.4 Å². The second-order valence-corrected chi connectivity index (χ2v) is 4.40. The molecule has 0 saturated carbocycles. The van der Waals surface area contributed by atoms with Crippen molar-refractivity contribution in [3.63, 3.8) is 0 Å². The molecule has 3 nitrogen and oxygen atoms in total. The molecule has 18 heavy (non-hydrogen) atoms. The van der Waals surface area contributed by atoms with E-state index in [0.717, 1.165) is 12.1 Å². The standard InChI is InChI=1S/C13H14BrFN2O/c1-2-6-18-10-8-16-17(9-10)13-5-3-4-12(15)11(13)7-14/h3-5,8-9H,2,6-7H2,1H3. The second-order valence-electron chi connectivity index (χ2n) is 3.84. The number of hydrogen-bond acceptors (Lipinski definition) is 2. The van der Waals surface area contributed by atoms with Gasteiger partial charge in [-0.3, -0.25) is 0 Å². The van der Waals surface area contributed by atoms with Gasteiger partial charge in [-0.1, -0.05) is 28.9 Å². The molecular formula is C13H14BrFN2O. The van der Waals surface area contributed by atoms with Crippen LogP contribution in [0.5, 0.6) is 5.75 Å². The third kappa shape index (κ3) is 2.72. The molecule has 0 aliphatic heterocycles. The van der Waals surface area contributed by atoms with Crippen molar-refractivity contribution in [3.8, 4) is 11.4 Å². The molecule has 0 bridgehead atoms. The summed E-state index contributed by atoms with van der Waals surface area (Å²) in [4.78, 5) is 0. The molecule has 0 amide bonds. The van der Waals surface area contributed by atoms with Gasteiger partial charge in [0, 0.05) is 10.9 Å². The largest absolute Gasteiger partial charge is 0.490 e. The van der Waals surface area contributed by atoms with Gasteiger partial charge in [0.1, 0.15) is 5.82 Å². The predicted octanol–water partition coefficient (Wildman–Crippen LogP) is 3.70. The summed E-state index contributed by atoms with van der Waals surface area (Å²) >= 11 is 3.29. The summed E-state index contributed by atoms with van der Waals surface area (Å²) in [5, 5.41) is 4.64. The maximum Gasteiger partial charge on any atom is 0.157 e. The number of hydrogen-bond donors (Lipinski definition) is 0. The molecule has 1 aromatic carbocycles. The zero-order valence-corrected chi connectivity index (χ0v) is 11.7. The van der Waals surface area contributed by atoms with Crippen molar-refractivity contribution in [2.24, 2.45) is 0 Å². The Labute approximate surface area is 114 Å². The monoisotopic (exact) mass is 312 g/mol. The van der Waals surface area contributed by atoms with E-state index >= 15 is 0 Å². The van der Waals surface area contributed by atoms with E-state index in [-0.39, 0.29) is 5.82 Å². The molecule has 0 radical (unpaired) electrons. The lowest BCUT2D eigenvalue weighted by Gasteiger charge is -2.07. The van der Waals surface area contributed by atoms with Crippen molar-refractivity contribution in [2.45, 2.75) is 18.7 Å². The molecular weight excluding hydrogens is 299 g/mol. The van der Waals surface area contributed by atoms with Crippen LogP contribution in [0.15, 0.2) is 30.6 Å². The normalized spacial score (nSPS) is 10.6. The van der Waals surface area contributed by atoms with Gasteiger partial charge in [0.2, 0.25) is 0 Å². The van der Waals surface area contributed by atoms with Gasteiger partial charge in [-0.15, -0.1) is 0 Å². The van der Waals surface area contributed by atoms with Crippen molar-refractivity contribution < 1.29 is 9.13 Å². The fourth-order valence-electron chi connectivity index (χ4n) is 1.63. The summed E-state index contributed by atoms with van der Waals surface area (Å²) in [5.74, 6) is 0.456. The van der Waals surface area contributed by atoms with Crippen molar-refractivity contribution in [1.82, 2.24) is 9.78 Å². The number of halogens is 2. The van der Waals surface area contributed by atoms with Crippen LogP contribution in [0.25, 0.3) is 5.69 Å². The maximum atomic E-state index is 13.6. The van der Waals surface area contributed by atoms with Crippen LogP contribution in [0.3, 0.4) is 0 Å². The highest BCUT2D eigenvalue weighted by Crippen LogP contribution is 2.22. The molecule has 0 aliphatic carbocycles. The lowest BCUT2D eigenvalue weighted by atomic mass is 10.2. The van der Waals surface area contributed by atoms with E-state index in [4.69, 9.17) is 4.74 Å². The van der Waals surface area contributed by atoms with Crippen molar-refractivity contribution in [2.75, 3.05) is 6.61 Å². The van der Waals surface area contributed by atoms with E-state index in [1.54, 1.807) is 23.1 Å². The SMILES string of the molecule is CCCOc1cnn(-c2cccc(F)c2CBr)c1. The lowest BCUT2D eigenvalue weighted by molar-refractivity contribution is 0.317. The molecule has 2 aromatic rings. The topological polar surface area (TPSA) is 27.1 Å². The van der Waals surface area contributed by atoms with Gasteiger partial charge < -0.3 is 4.74 Å². The minimum atomic E-state index is -0.240. The Kier molecular flexibility index (Phi) is 4.36. The highest BCUT2D eigenvalue weighted by Gasteiger charge is 2.10. The number of aromatic nitrogens is 2. The Hall–Kier alpha value is -1.36. The van der Waals surface area contributed by atoms with E-state index < -0.39 is 0 Å². The van der Waals surface area contributed by atoms with Crippen LogP contribution in [0.4, 0.5) is 4.39 Å². The van der Waals surface area contributed by atoms with Gasteiger partial charge in [-0.05, 0) is 18.6 Å². The van der Waals surface area contributed by atoms with Crippen molar-refractivity contribution in [1.29, 1.82) is 0 Å². The van der Waals surface area contributed by atoms with Gasteiger partial charge in [0.15, 0.2) is 5.75 Å². The number of ether oxygens (including phenoxy) is 1. The van der Waals surface area contributed by atoms with Crippen LogP contribution in [0, 0.1) is 5.82 Å². The van der Waals surface area contributed by atoms with Crippen molar-refractivity contribution in [3.05, 3.63) is 42.0 Å². The summed E-state index contributed by atoms with van der Waals surface area (Å²) in [7, 11) is 0. The maximum absolute atomic E-state index is 13.6. The molecule has 0 unspecified atom stereocenters. The summed E-state index contributed by atoms with van der Waals surface area (Å²) < 4.78 is 20.7. The molecule has 0 saturated heterocycles. The van der Waals surface area contributed by atoms with Crippen LogP contribution >= 0.6 is 15.9 Å². The molecule has 5 heteroatoms. The molecule has 0 fully saturated rings. The van der Waals surface area contributed by atoms with Crippen LogP contribution in [-0.2, 0) is 5.33 Å². The Morgan fingerprint density at radius 1 is 1.44 bits per heavy atom. The summed E-state index contributed by atoms with van der Waals surface area (Å²) in [6.07, 6.45) is 4.34. The first kappa shape index (κ1) is 13.1. The number of benzene rings is 1. The predicted molar refractivity (Wildman–Crippen MR) is 71.9 cm³/mol. The third-order valence-corrected chi connectivity index (χ3v) is 3.07. The average molecular weight is 313 g/mol. The average Bonchev–Trinajstić information content (AvgIpc) is 2.84. The van der Waals surface area contributed by atoms with Gasteiger partial charge in [0.25, 0.3) is 0 Å². The lowest BCUT2D eigenvalue weighted by Crippen LogP contribution is -2.01. The zero-order chi connectivity index (χ0) is 13.0. The van der Waals surface area contributed by atoms with Crippen LogP contribution in [0.2, 0.25) is 0 Å². The fraction of sp³-hybridized carbons (Fsp3) is 0.308. The summed E-state index contributed by atoms with van der Waals surface area (Å²) in [6, 6.07) is 4.94. The highest BCUT2D eigenvalue weighted by molar-refractivity contribution is 9.08. The van der Waals surface area contributed by atoms with Crippen molar-refractivity contribution >= 4 is 15.9 Å². The first-order valence-corrected chi connectivity index (χ1v) is 6.89. The Morgan fingerprint density at radius 2 is 2.28 bits per heavy atom. The molecule has 0 spiro atoms. The summed E-state index contributed by atoms with van der Waals surface area (Å²) in [5.41, 5.74) is 1.31. The third-order valence-electron chi connectivity index (χ3n) is 2.51. The number of rotatable bonds is 5. The highest BCUT2D eigenvalue weighted by atomic mass is 79.9. The van der Waals surface area contributed by atoms with Gasteiger partial charge in [-0.25, -0.2) is 9.07 Å². The van der Waals surface area contributed by atoms with E-state index in [1.807, 2.05) is 13.0 Å². The Bertz CT molecular complexity index is 527. The molecule has 1 aromatic heterocycles. The van der Waals surface area contributed by atoms with Gasteiger partial charge >= 0.3 is 0 Å². The molecule has 0 atom stereocenters. The number of nitrogens with zero attached hydrogens (tertiary/aromatic N) is 2. The Morgan fingerprint density at radius 3 is 3.00 bits per heavy atom. The quantitative estimate of drug-likeness (QED) is 0.787. The molecule has 0 N–H and O–H groups in total. The van der Waals surface area contributed by atoms with E-state index in [1.165, 1.54) is 6.07 Å². The first-order chi connectivity index (χ1) is 8.76. The van der Waals surface area contributed by atoms with Gasteiger partial charge in [0.05, 0.1) is 24.7 Å². The molecule has 1 heterocycles. The molecule has 96 valence electrons.